The van der Waals surface area contributed by atoms with E-state index in [1.807, 2.05) is 0 Å². The number of rotatable bonds is 3. The maximum absolute atomic E-state index is 12.7. The van der Waals surface area contributed by atoms with Gasteiger partial charge in [-0.15, -0.1) is 0 Å². The van der Waals surface area contributed by atoms with E-state index in [2.05, 4.69) is 14.7 Å². The molecule has 0 bridgehead atoms. The number of hydrogen-bond acceptors (Lipinski definition) is 7. The lowest BCUT2D eigenvalue weighted by Crippen LogP contribution is -2.44. The van der Waals surface area contributed by atoms with Gasteiger partial charge in [-0.25, -0.2) is 19.6 Å². The van der Waals surface area contributed by atoms with Crippen molar-refractivity contribution in [2.45, 2.75) is 59.4 Å². The number of carbonyl (C=O) groups is 2. The zero-order valence-corrected chi connectivity index (χ0v) is 15.9. The fourth-order valence-electron chi connectivity index (χ4n) is 1.56. The average molecular weight is 396 g/mol. The lowest BCUT2D eigenvalue weighted by molar-refractivity contribution is -0.0500. The van der Waals surface area contributed by atoms with Crippen molar-refractivity contribution >= 4 is 29.6 Å². The van der Waals surface area contributed by atoms with E-state index in [9.17, 15) is 18.4 Å². The molecule has 26 heavy (non-hydrogen) atoms. The Hall–Kier alpha value is -2.23. The largest absolute Gasteiger partial charge is 0.443 e. The zero-order valence-electron chi connectivity index (χ0n) is 15.2. The van der Waals surface area contributed by atoms with Crippen LogP contribution in [-0.2, 0) is 9.47 Å². The highest BCUT2D eigenvalue weighted by Crippen LogP contribution is 2.34. The topological polar surface area (TPSA) is 90.9 Å². The standard InChI is InChI=1S/C15H20ClF2N3O5/c1-14(2,3)25-12(22)21(13(23)26-15(4,5)6)10-8(24-11(17)18)9(16)19-7-20-10/h7,11H,1-6H3. The Morgan fingerprint density at radius 2 is 1.50 bits per heavy atom. The van der Waals surface area contributed by atoms with E-state index in [-0.39, 0.29) is 0 Å². The summed E-state index contributed by atoms with van der Waals surface area (Å²) in [7, 11) is 0. The van der Waals surface area contributed by atoms with Crippen LogP contribution in [0.15, 0.2) is 6.33 Å². The van der Waals surface area contributed by atoms with E-state index >= 15 is 0 Å². The van der Waals surface area contributed by atoms with Crippen molar-refractivity contribution in [1.82, 2.24) is 9.97 Å². The van der Waals surface area contributed by atoms with Crippen LogP contribution in [0, 0.1) is 0 Å². The maximum Gasteiger partial charge on any atom is 0.425 e. The van der Waals surface area contributed by atoms with Crippen molar-refractivity contribution in [3.63, 3.8) is 0 Å². The average Bonchev–Trinajstić information content (AvgIpc) is 2.38. The van der Waals surface area contributed by atoms with E-state index in [1.54, 1.807) is 41.5 Å². The molecule has 1 aromatic rings. The SMILES string of the molecule is CC(C)(C)OC(=O)N(C(=O)OC(C)(C)C)c1ncnc(Cl)c1OC(F)F. The molecule has 0 saturated carbocycles. The van der Waals surface area contributed by atoms with Crippen LogP contribution in [0.4, 0.5) is 24.2 Å². The number of imide groups is 1. The van der Waals surface area contributed by atoms with E-state index in [1.165, 1.54) is 0 Å². The van der Waals surface area contributed by atoms with E-state index in [4.69, 9.17) is 21.1 Å². The van der Waals surface area contributed by atoms with Crippen LogP contribution in [0.1, 0.15) is 41.5 Å². The van der Waals surface area contributed by atoms with Crippen LogP contribution in [0.3, 0.4) is 0 Å². The summed E-state index contributed by atoms with van der Waals surface area (Å²) in [6.45, 7) is 6.05. The minimum atomic E-state index is -3.30. The lowest BCUT2D eigenvalue weighted by Gasteiger charge is -2.28. The molecule has 0 unspecified atom stereocenters. The minimum Gasteiger partial charge on any atom is -0.443 e. The fourth-order valence-corrected chi connectivity index (χ4v) is 1.73. The highest BCUT2D eigenvalue weighted by molar-refractivity contribution is 6.31. The minimum absolute atomic E-state index is 0.321. The molecule has 0 aromatic carbocycles. The summed E-state index contributed by atoms with van der Waals surface area (Å²) in [5.74, 6) is -1.39. The molecule has 1 aromatic heterocycles. The molecule has 0 aliphatic heterocycles. The number of nitrogens with zero attached hydrogens (tertiary/aromatic N) is 3. The second-order valence-electron chi connectivity index (χ2n) is 6.99. The Morgan fingerprint density at radius 3 is 1.88 bits per heavy atom. The third-order valence-corrected chi connectivity index (χ3v) is 2.58. The molecule has 0 saturated heterocycles. The Bertz CT molecular complexity index is 646. The predicted octanol–water partition coefficient (Wildman–Crippen LogP) is 4.41. The predicted molar refractivity (Wildman–Crippen MR) is 88.6 cm³/mol. The second kappa shape index (κ2) is 7.98. The summed E-state index contributed by atoms with van der Waals surface area (Å²) in [5, 5.41) is -0.521. The number of carbonyl (C=O) groups excluding carboxylic acids is 2. The van der Waals surface area contributed by atoms with Crippen molar-refractivity contribution < 1.29 is 32.6 Å². The van der Waals surface area contributed by atoms with Gasteiger partial charge in [-0.05, 0) is 41.5 Å². The molecule has 0 spiro atoms. The Balaban J connectivity index is 3.43. The van der Waals surface area contributed by atoms with Crippen LogP contribution < -0.4 is 9.64 Å². The number of amides is 2. The lowest BCUT2D eigenvalue weighted by atomic mass is 10.2. The van der Waals surface area contributed by atoms with E-state index in [0.717, 1.165) is 6.33 Å². The summed E-state index contributed by atoms with van der Waals surface area (Å²) >= 11 is 5.75. The Kier molecular flexibility index (Phi) is 6.70. The highest BCUT2D eigenvalue weighted by Gasteiger charge is 2.37. The van der Waals surface area contributed by atoms with Gasteiger partial charge in [0, 0.05) is 0 Å². The molecule has 1 heterocycles. The number of aromatic nitrogens is 2. The monoisotopic (exact) mass is 395 g/mol. The van der Waals surface area contributed by atoms with Gasteiger partial charge in [-0.3, -0.25) is 0 Å². The van der Waals surface area contributed by atoms with Crippen molar-refractivity contribution in [2.24, 2.45) is 0 Å². The second-order valence-corrected chi connectivity index (χ2v) is 7.35. The van der Waals surface area contributed by atoms with E-state index in [0.29, 0.717) is 4.90 Å². The molecule has 0 aliphatic carbocycles. The molecule has 0 fully saturated rings. The van der Waals surface area contributed by atoms with Crippen molar-refractivity contribution in [3.05, 3.63) is 11.5 Å². The molecule has 0 N–H and O–H groups in total. The molecular formula is C15H20ClF2N3O5. The van der Waals surface area contributed by atoms with E-state index < -0.39 is 46.7 Å². The van der Waals surface area contributed by atoms with Crippen LogP contribution in [-0.4, -0.2) is 40.0 Å². The molecule has 2 amide bonds. The van der Waals surface area contributed by atoms with Crippen molar-refractivity contribution in [2.75, 3.05) is 4.90 Å². The number of ether oxygens (including phenoxy) is 3. The van der Waals surface area contributed by atoms with Gasteiger partial charge >= 0.3 is 18.8 Å². The number of alkyl halides is 2. The fraction of sp³-hybridized carbons (Fsp3) is 0.600. The molecule has 0 atom stereocenters. The molecule has 11 heteroatoms. The smallest absolute Gasteiger partial charge is 0.425 e. The van der Waals surface area contributed by atoms with Gasteiger partial charge in [0.15, 0.2) is 11.0 Å². The van der Waals surface area contributed by atoms with Gasteiger partial charge < -0.3 is 14.2 Å². The normalized spacial score (nSPS) is 11.9. The molecule has 8 nitrogen and oxygen atoms in total. The summed E-state index contributed by atoms with van der Waals surface area (Å²) in [5.41, 5.74) is -1.98. The number of anilines is 1. The van der Waals surface area contributed by atoms with Crippen LogP contribution in [0.25, 0.3) is 0 Å². The first-order valence-corrected chi connectivity index (χ1v) is 7.80. The molecular weight excluding hydrogens is 376 g/mol. The first-order valence-electron chi connectivity index (χ1n) is 7.42. The van der Waals surface area contributed by atoms with Gasteiger partial charge in [-0.1, -0.05) is 11.6 Å². The highest BCUT2D eigenvalue weighted by atomic mass is 35.5. The number of hydrogen-bond donors (Lipinski definition) is 0. The van der Waals surface area contributed by atoms with Gasteiger partial charge in [-0.2, -0.15) is 13.7 Å². The maximum atomic E-state index is 12.7. The molecule has 1 rings (SSSR count). The van der Waals surface area contributed by atoms with Crippen LogP contribution >= 0.6 is 11.6 Å². The van der Waals surface area contributed by atoms with Gasteiger partial charge in [0.05, 0.1) is 0 Å². The summed E-state index contributed by atoms with van der Waals surface area (Å²) in [6, 6.07) is 0. The molecule has 0 aliphatic rings. The van der Waals surface area contributed by atoms with Gasteiger partial charge in [0.1, 0.15) is 17.5 Å². The third-order valence-electron chi connectivity index (χ3n) is 2.31. The summed E-state index contributed by atoms with van der Waals surface area (Å²) < 4.78 is 39.9. The number of halogens is 3. The zero-order chi connectivity index (χ0) is 20.3. The van der Waals surface area contributed by atoms with Gasteiger partial charge in [0.2, 0.25) is 5.75 Å². The molecule has 0 radical (unpaired) electrons. The first kappa shape index (κ1) is 21.8. The first-order chi connectivity index (χ1) is 11.7. The molecule has 146 valence electrons. The van der Waals surface area contributed by atoms with Crippen LogP contribution in [0.2, 0.25) is 5.15 Å². The Morgan fingerprint density at radius 1 is 1.04 bits per heavy atom. The van der Waals surface area contributed by atoms with Gasteiger partial charge in [0.25, 0.3) is 0 Å². The quantitative estimate of drug-likeness (QED) is 0.700. The third kappa shape index (κ3) is 6.58. The van der Waals surface area contributed by atoms with Crippen molar-refractivity contribution in [1.29, 1.82) is 0 Å². The Labute approximate surface area is 154 Å². The summed E-state index contributed by atoms with van der Waals surface area (Å²) in [6.07, 6.45) is -1.54. The van der Waals surface area contributed by atoms with Crippen molar-refractivity contribution in [3.8, 4) is 5.75 Å². The summed E-state index contributed by atoms with van der Waals surface area (Å²) in [4.78, 5) is 32.5. The van der Waals surface area contributed by atoms with Crippen LogP contribution in [0.5, 0.6) is 5.75 Å².